The van der Waals surface area contributed by atoms with E-state index in [0.717, 1.165) is 17.7 Å². The molecule has 1 N–H and O–H groups in total. The molecule has 0 spiro atoms. The molecule has 1 aromatic carbocycles. The Morgan fingerprint density at radius 1 is 1.21 bits per heavy atom. The molecular formula is C16H24O3. The van der Waals surface area contributed by atoms with Crippen LogP contribution in [-0.4, -0.2) is 22.4 Å². The average molecular weight is 264 g/mol. The van der Waals surface area contributed by atoms with Crippen molar-refractivity contribution in [1.82, 2.24) is 0 Å². The topological polar surface area (TPSA) is 38.7 Å². The van der Waals surface area contributed by atoms with Gasteiger partial charge in [-0.25, -0.2) is 0 Å². The van der Waals surface area contributed by atoms with Crippen molar-refractivity contribution >= 4 is 0 Å². The lowest BCUT2D eigenvalue weighted by Crippen LogP contribution is -2.36. The highest BCUT2D eigenvalue weighted by Crippen LogP contribution is 2.39. The zero-order valence-electron chi connectivity index (χ0n) is 12.4. The number of hydrogen-bond donors (Lipinski definition) is 1. The first-order valence-electron chi connectivity index (χ1n) is 6.84. The van der Waals surface area contributed by atoms with E-state index in [9.17, 15) is 5.11 Å². The van der Waals surface area contributed by atoms with E-state index in [-0.39, 0.29) is 17.3 Å². The summed E-state index contributed by atoms with van der Waals surface area (Å²) in [6.45, 7) is 10.1. The maximum Gasteiger partial charge on any atom is 0.130 e. The largest absolute Gasteiger partial charge is 0.487 e. The molecule has 1 saturated heterocycles. The number of aliphatic hydroxyl groups is 1. The quantitative estimate of drug-likeness (QED) is 0.908. The van der Waals surface area contributed by atoms with Crippen LogP contribution in [0.2, 0.25) is 0 Å². The molecule has 0 amide bonds. The number of hydrogen-bond acceptors (Lipinski definition) is 3. The normalized spacial score (nSPS) is 26.1. The first kappa shape index (κ1) is 14.4. The molecule has 106 valence electrons. The maximum absolute atomic E-state index is 9.49. The first-order chi connectivity index (χ1) is 8.70. The molecule has 0 aliphatic carbocycles. The van der Waals surface area contributed by atoms with Crippen molar-refractivity contribution in [1.29, 1.82) is 0 Å². The third-order valence-electron chi connectivity index (χ3n) is 3.63. The highest BCUT2D eigenvalue weighted by molar-refractivity contribution is 5.28. The Bertz CT molecular complexity index is 432. The minimum Gasteiger partial charge on any atom is -0.487 e. The van der Waals surface area contributed by atoms with Gasteiger partial charge in [0, 0.05) is 6.42 Å². The second kappa shape index (κ2) is 4.80. The maximum atomic E-state index is 9.49. The minimum atomic E-state index is -0.445. The summed E-state index contributed by atoms with van der Waals surface area (Å²) >= 11 is 0. The zero-order chi connectivity index (χ0) is 14.3. The van der Waals surface area contributed by atoms with Crippen LogP contribution >= 0.6 is 0 Å². The van der Waals surface area contributed by atoms with Gasteiger partial charge in [0.2, 0.25) is 0 Å². The molecule has 1 aliphatic heterocycles. The summed E-state index contributed by atoms with van der Waals surface area (Å²) in [7, 11) is 0. The van der Waals surface area contributed by atoms with Crippen molar-refractivity contribution in [2.24, 2.45) is 0 Å². The van der Waals surface area contributed by atoms with Crippen LogP contribution in [0, 0.1) is 0 Å². The Morgan fingerprint density at radius 2 is 1.79 bits per heavy atom. The molecule has 2 atom stereocenters. The minimum absolute atomic E-state index is 0.0416. The van der Waals surface area contributed by atoms with E-state index in [0.29, 0.717) is 0 Å². The molecular weight excluding hydrogens is 240 g/mol. The summed E-state index contributed by atoms with van der Waals surface area (Å²) in [6.07, 6.45) is 0.470. The highest BCUT2D eigenvalue weighted by Gasteiger charge is 2.47. The molecule has 2 rings (SSSR count). The number of ether oxygens (including phenoxy) is 2. The van der Waals surface area contributed by atoms with Gasteiger partial charge >= 0.3 is 0 Å². The fourth-order valence-electron chi connectivity index (χ4n) is 2.68. The molecule has 0 bridgehead atoms. The lowest BCUT2D eigenvalue weighted by atomic mass is 9.97. The second-order valence-corrected chi connectivity index (χ2v) is 6.52. The summed E-state index contributed by atoms with van der Waals surface area (Å²) in [5, 5.41) is 9.49. The van der Waals surface area contributed by atoms with Crippen LogP contribution in [0.1, 0.15) is 52.7 Å². The van der Waals surface area contributed by atoms with Gasteiger partial charge in [0.15, 0.2) is 0 Å². The van der Waals surface area contributed by atoms with E-state index >= 15 is 0 Å². The molecule has 1 aliphatic rings. The predicted molar refractivity (Wildman–Crippen MR) is 75.4 cm³/mol. The van der Waals surface area contributed by atoms with Crippen LogP contribution in [0.15, 0.2) is 24.3 Å². The van der Waals surface area contributed by atoms with Gasteiger partial charge in [-0.15, -0.1) is 0 Å². The smallest absolute Gasteiger partial charge is 0.130 e. The molecule has 1 heterocycles. The van der Waals surface area contributed by atoms with Gasteiger partial charge in [0.1, 0.15) is 17.5 Å². The SMILES string of the molecule is CC(O)c1ccc(OC2CC(C)(C)OC2(C)C)cc1. The van der Waals surface area contributed by atoms with Crippen molar-refractivity contribution in [2.75, 3.05) is 0 Å². The van der Waals surface area contributed by atoms with Crippen molar-refractivity contribution in [2.45, 2.75) is 64.4 Å². The lowest BCUT2D eigenvalue weighted by Gasteiger charge is -2.27. The zero-order valence-corrected chi connectivity index (χ0v) is 12.4. The number of benzene rings is 1. The summed E-state index contributed by atoms with van der Waals surface area (Å²) < 4.78 is 12.1. The van der Waals surface area contributed by atoms with E-state index in [4.69, 9.17) is 9.47 Å². The van der Waals surface area contributed by atoms with Gasteiger partial charge in [-0.3, -0.25) is 0 Å². The van der Waals surface area contributed by atoms with Gasteiger partial charge in [0.05, 0.1) is 11.7 Å². The highest BCUT2D eigenvalue weighted by atomic mass is 16.6. The van der Waals surface area contributed by atoms with Gasteiger partial charge < -0.3 is 14.6 Å². The second-order valence-electron chi connectivity index (χ2n) is 6.52. The Hall–Kier alpha value is -1.06. The van der Waals surface area contributed by atoms with E-state index in [1.807, 2.05) is 24.3 Å². The predicted octanol–water partition coefficient (Wildman–Crippen LogP) is 3.46. The third-order valence-corrected chi connectivity index (χ3v) is 3.63. The van der Waals surface area contributed by atoms with Crippen molar-refractivity contribution in [3.8, 4) is 5.75 Å². The molecule has 3 nitrogen and oxygen atoms in total. The monoisotopic (exact) mass is 264 g/mol. The van der Waals surface area contributed by atoms with Crippen LogP contribution in [0.25, 0.3) is 0 Å². The third kappa shape index (κ3) is 3.28. The molecule has 0 radical (unpaired) electrons. The average Bonchev–Trinajstić information content (AvgIpc) is 2.47. The van der Waals surface area contributed by atoms with E-state index in [1.54, 1.807) is 6.92 Å². The molecule has 3 heteroatoms. The Morgan fingerprint density at radius 3 is 2.21 bits per heavy atom. The molecule has 0 saturated carbocycles. The molecule has 0 aromatic heterocycles. The summed E-state index contributed by atoms with van der Waals surface area (Å²) in [5.74, 6) is 0.823. The van der Waals surface area contributed by atoms with Gasteiger partial charge in [-0.1, -0.05) is 12.1 Å². The van der Waals surface area contributed by atoms with E-state index in [1.165, 1.54) is 0 Å². The van der Waals surface area contributed by atoms with E-state index < -0.39 is 6.10 Å². The van der Waals surface area contributed by atoms with Gasteiger partial charge in [0.25, 0.3) is 0 Å². The standard InChI is InChI=1S/C16H24O3/c1-11(17)12-6-8-13(9-7-12)18-14-10-15(2,3)19-16(14,4)5/h6-9,11,14,17H,10H2,1-5H3. The van der Waals surface area contributed by atoms with Crippen LogP contribution < -0.4 is 4.74 Å². The van der Waals surface area contributed by atoms with Gasteiger partial charge in [-0.05, 0) is 52.3 Å². The summed E-state index contributed by atoms with van der Waals surface area (Å²) in [4.78, 5) is 0. The first-order valence-corrected chi connectivity index (χ1v) is 6.84. The molecule has 2 unspecified atom stereocenters. The van der Waals surface area contributed by atoms with Crippen LogP contribution in [0.3, 0.4) is 0 Å². The van der Waals surface area contributed by atoms with Crippen LogP contribution in [-0.2, 0) is 4.74 Å². The Kier molecular flexibility index (Phi) is 3.63. The van der Waals surface area contributed by atoms with Crippen molar-refractivity contribution < 1.29 is 14.6 Å². The molecule has 19 heavy (non-hydrogen) atoms. The lowest BCUT2D eigenvalue weighted by molar-refractivity contribution is -0.0846. The van der Waals surface area contributed by atoms with Crippen LogP contribution in [0.4, 0.5) is 0 Å². The summed E-state index contributed by atoms with van der Waals surface area (Å²) in [6, 6.07) is 7.61. The summed E-state index contributed by atoms with van der Waals surface area (Å²) in [5.41, 5.74) is 0.467. The van der Waals surface area contributed by atoms with Gasteiger partial charge in [-0.2, -0.15) is 0 Å². The molecule has 1 fully saturated rings. The van der Waals surface area contributed by atoms with E-state index in [2.05, 4.69) is 27.7 Å². The number of aliphatic hydroxyl groups excluding tert-OH is 1. The van der Waals surface area contributed by atoms with Crippen LogP contribution in [0.5, 0.6) is 5.75 Å². The molecule has 1 aromatic rings. The Labute approximate surface area is 115 Å². The fourth-order valence-corrected chi connectivity index (χ4v) is 2.68. The van der Waals surface area contributed by atoms with Crippen molar-refractivity contribution in [3.05, 3.63) is 29.8 Å². The number of rotatable bonds is 3. The fraction of sp³-hybridized carbons (Fsp3) is 0.625. The van der Waals surface area contributed by atoms with Crippen molar-refractivity contribution in [3.63, 3.8) is 0 Å². The Balaban J connectivity index is 2.09.